The lowest BCUT2D eigenvalue weighted by molar-refractivity contribution is 0.0694. The number of carbonyl (C=O) groups is 1. The molecule has 1 atom stereocenters. The first-order chi connectivity index (χ1) is 15.3. The number of methoxy groups -OCH3 is 2. The number of carboxylic acids is 1. The van der Waals surface area contributed by atoms with Gasteiger partial charge in [0, 0.05) is 38.0 Å². The van der Waals surface area contributed by atoms with Gasteiger partial charge >= 0.3 is 5.97 Å². The molecule has 0 radical (unpaired) electrons. The number of piperidine rings is 1. The molecule has 32 heavy (non-hydrogen) atoms. The molecule has 1 N–H and O–H groups in total. The van der Waals surface area contributed by atoms with Crippen LogP contribution in [-0.2, 0) is 4.74 Å². The van der Waals surface area contributed by atoms with Gasteiger partial charge in [-0.25, -0.2) is 4.79 Å². The fourth-order valence-electron chi connectivity index (χ4n) is 4.91. The van der Waals surface area contributed by atoms with Crippen molar-refractivity contribution in [2.75, 3.05) is 32.4 Å². The number of hydrogen-bond acceptors (Lipinski definition) is 6. The van der Waals surface area contributed by atoms with E-state index >= 15 is 0 Å². The lowest BCUT2D eigenvalue weighted by Crippen LogP contribution is -2.57. The molecule has 0 bridgehead atoms. The molecular formula is C24H30N2O6. The first kappa shape index (κ1) is 22.2. The molecule has 2 aliphatic heterocycles. The zero-order chi connectivity index (χ0) is 23.0. The highest BCUT2D eigenvalue weighted by Gasteiger charge is 2.42. The van der Waals surface area contributed by atoms with Crippen LogP contribution >= 0.6 is 0 Å². The van der Waals surface area contributed by atoms with Gasteiger partial charge in [-0.3, -0.25) is 14.5 Å². The van der Waals surface area contributed by atoms with Crippen molar-refractivity contribution in [2.24, 2.45) is 0 Å². The maximum atomic E-state index is 12.6. The van der Waals surface area contributed by atoms with Gasteiger partial charge < -0.3 is 19.3 Å². The Morgan fingerprint density at radius 3 is 2.66 bits per heavy atom. The Morgan fingerprint density at radius 2 is 1.97 bits per heavy atom. The molecule has 2 aliphatic rings. The lowest BCUT2D eigenvalue weighted by atomic mass is 9.82. The summed E-state index contributed by atoms with van der Waals surface area (Å²) < 4.78 is 18.6. The summed E-state index contributed by atoms with van der Waals surface area (Å²) in [6.07, 6.45) is 5.15. The highest BCUT2D eigenvalue weighted by atomic mass is 16.5. The molecule has 3 heterocycles. The lowest BCUT2D eigenvalue weighted by Gasteiger charge is -2.53. The van der Waals surface area contributed by atoms with Gasteiger partial charge in [-0.15, -0.1) is 0 Å². The molecule has 0 spiro atoms. The zero-order valence-electron chi connectivity index (χ0n) is 19.0. The molecule has 2 aromatic rings. The van der Waals surface area contributed by atoms with Crippen molar-refractivity contribution >= 4 is 5.97 Å². The SMILES string of the molecule is COCCCOc1cc2c(cc1OC)-c1cc(=O)c(C(=O)O)cn1N1[C@H]2CCCC1(C)C. The molecule has 1 aromatic carbocycles. The molecule has 8 nitrogen and oxygen atoms in total. The summed E-state index contributed by atoms with van der Waals surface area (Å²) in [6, 6.07) is 5.35. The molecule has 1 saturated heterocycles. The number of ether oxygens (including phenoxy) is 3. The average Bonchev–Trinajstić information content (AvgIpc) is 2.75. The van der Waals surface area contributed by atoms with E-state index in [9.17, 15) is 14.7 Å². The predicted molar refractivity (Wildman–Crippen MR) is 121 cm³/mol. The van der Waals surface area contributed by atoms with E-state index in [0.717, 1.165) is 36.8 Å². The van der Waals surface area contributed by atoms with Crippen molar-refractivity contribution in [1.82, 2.24) is 4.68 Å². The van der Waals surface area contributed by atoms with Crippen LogP contribution in [0.25, 0.3) is 11.3 Å². The van der Waals surface area contributed by atoms with E-state index in [1.54, 1.807) is 14.2 Å². The van der Waals surface area contributed by atoms with Gasteiger partial charge in [0.1, 0.15) is 5.56 Å². The quantitative estimate of drug-likeness (QED) is 0.656. The third kappa shape index (κ3) is 3.72. The number of fused-ring (bicyclic) bond motifs is 6. The van der Waals surface area contributed by atoms with Gasteiger partial charge in [0.15, 0.2) is 16.9 Å². The summed E-state index contributed by atoms with van der Waals surface area (Å²) in [7, 11) is 3.25. The van der Waals surface area contributed by atoms with Crippen molar-refractivity contribution in [3.63, 3.8) is 0 Å². The van der Waals surface area contributed by atoms with Gasteiger partial charge in [-0.2, -0.15) is 0 Å². The standard InChI is InChI=1S/C24H30N2O6/c1-24(2)8-5-7-18-15-12-22(32-10-6-9-30-3)21(31-4)11-16(15)19-13-20(27)17(23(28)29)14-25(19)26(18)24/h11-14,18H,5-10H2,1-4H3,(H,28,29)/t18-/m0/s1. The molecule has 0 unspecified atom stereocenters. The summed E-state index contributed by atoms with van der Waals surface area (Å²) >= 11 is 0. The molecule has 4 rings (SSSR count). The summed E-state index contributed by atoms with van der Waals surface area (Å²) in [5.41, 5.74) is 1.61. The van der Waals surface area contributed by atoms with Crippen LogP contribution in [0.2, 0.25) is 0 Å². The molecule has 0 saturated carbocycles. The van der Waals surface area contributed by atoms with E-state index in [-0.39, 0.29) is 17.1 Å². The molecule has 8 heteroatoms. The van der Waals surface area contributed by atoms with Crippen LogP contribution in [0, 0.1) is 0 Å². The largest absolute Gasteiger partial charge is 0.493 e. The number of nitrogens with zero attached hydrogens (tertiary/aromatic N) is 2. The van der Waals surface area contributed by atoms with Crippen LogP contribution in [0.5, 0.6) is 11.5 Å². The van der Waals surface area contributed by atoms with Gasteiger partial charge in [-0.05, 0) is 50.8 Å². The average molecular weight is 443 g/mol. The summed E-state index contributed by atoms with van der Waals surface area (Å²) in [5.74, 6) is 0.00878. The van der Waals surface area contributed by atoms with Crippen molar-refractivity contribution in [3.8, 4) is 22.8 Å². The Labute approximate surface area is 187 Å². The molecule has 0 aliphatic carbocycles. The van der Waals surface area contributed by atoms with Gasteiger partial charge in [0.05, 0.1) is 31.0 Å². The van der Waals surface area contributed by atoms with Crippen LogP contribution in [0.1, 0.15) is 61.5 Å². The van der Waals surface area contributed by atoms with Gasteiger partial charge in [0.25, 0.3) is 0 Å². The fraction of sp³-hybridized carbons (Fsp3) is 0.500. The van der Waals surface area contributed by atoms with E-state index in [0.29, 0.717) is 30.4 Å². The van der Waals surface area contributed by atoms with Crippen LogP contribution in [0.15, 0.2) is 29.2 Å². The third-order valence-corrected chi connectivity index (χ3v) is 6.40. The molecule has 1 fully saturated rings. The number of aromatic nitrogens is 1. The smallest absolute Gasteiger partial charge is 0.341 e. The summed E-state index contributed by atoms with van der Waals surface area (Å²) in [4.78, 5) is 24.3. The second-order valence-electron chi connectivity index (χ2n) is 8.94. The van der Waals surface area contributed by atoms with Crippen molar-refractivity contribution in [3.05, 3.63) is 45.7 Å². The Kier molecular flexibility index (Phi) is 5.90. The van der Waals surface area contributed by atoms with Crippen LogP contribution in [0.3, 0.4) is 0 Å². The fourth-order valence-corrected chi connectivity index (χ4v) is 4.91. The highest BCUT2D eigenvalue weighted by molar-refractivity contribution is 5.88. The van der Waals surface area contributed by atoms with E-state index in [1.165, 1.54) is 12.3 Å². The van der Waals surface area contributed by atoms with E-state index in [2.05, 4.69) is 18.9 Å². The van der Waals surface area contributed by atoms with Crippen molar-refractivity contribution in [2.45, 2.75) is 51.1 Å². The second-order valence-corrected chi connectivity index (χ2v) is 8.94. The Balaban J connectivity index is 1.90. The minimum Gasteiger partial charge on any atom is -0.493 e. The summed E-state index contributed by atoms with van der Waals surface area (Å²) in [6.45, 7) is 5.41. The minimum absolute atomic E-state index is 0.0256. The molecular weight excluding hydrogens is 412 g/mol. The topological polar surface area (TPSA) is 90.2 Å². The van der Waals surface area contributed by atoms with E-state index < -0.39 is 11.4 Å². The monoisotopic (exact) mass is 442 g/mol. The number of pyridine rings is 1. The normalized spacial score (nSPS) is 18.4. The molecule has 1 aromatic heterocycles. The first-order valence-electron chi connectivity index (χ1n) is 10.9. The Hall–Kier alpha value is -3.00. The Morgan fingerprint density at radius 1 is 1.19 bits per heavy atom. The molecule has 172 valence electrons. The number of aromatic carboxylic acids is 1. The van der Waals surface area contributed by atoms with Crippen LogP contribution in [-0.4, -0.2) is 48.7 Å². The van der Waals surface area contributed by atoms with E-state index in [4.69, 9.17) is 14.2 Å². The number of rotatable bonds is 7. The van der Waals surface area contributed by atoms with Crippen LogP contribution < -0.4 is 19.9 Å². The van der Waals surface area contributed by atoms with Crippen molar-refractivity contribution in [1.29, 1.82) is 0 Å². The predicted octanol–water partition coefficient (Wildman–Crippen LogP) is 3.59. The minimum atomic E-state index is -1.22. The van der Waals surface area contributed by atoms with Crippen molar-refractivity contribution < 1.29 is 24.1 Å². The first-order valence-corrected chi connectivity index (χ1v) is 10.9. The third-order valence-electron chi connectivity index (χ3n) is 6.40. The van der Waals surface area contributed by atoms with Gasteiger partial charge in [0.2, 0.25) is 0 Å². The highest BCUT2D eigenvalue weighted by Crippen LogP contribution is 2.49. The summed E-state index contributed by atoms with van der Waals surface area (Å²) in [5, 5.41) is 11.8. The maximum Gasteiger partial charge on any atom is 0.341 e. The van der Waals surface area contributed by atoms with E-state index in [1.807, 2.05) is 16.8 Å². The second kappa shape index (κ2) is 8.50. The van der Waals surface area contributed by atoms with Crippen LogP contribution in [0.4, 0.5) is 0 Å². The maximum absolute atomic E-state index is 12.6. The number of carboxylic acid groups (broad SMARTS) is 1. The Bertz CT molecular complexity index is 1090. The zero-order valence-corrected chi connectivity index (χ0v) is 19.0. The molecule has 0 amide bonds. The van der Waals surface area contributed by atoms with Gasteiger partial charge in [-0.1, -0.05) is 0 Å². The number of hydrogen-bond donors (Lipinski definition) is 1. The number of benzene rings is 1.